The molecule has 0 fully saturated rings. The molecule has 1 N–H and O–H groups in total. The smallest absolute Gasteiger partial charge is 0.143 e. The lowest BCUT2D eigenvalue weighted by atomic mass is 10.3. The van der Waals surface area contributed by atoms with Crippen molar-refractivity contribution in [1.82, 2.24) is 0 Å². The van der Waals surface area contributed by atoms with E-state index < -0.39 is 6.10 Å². The summed E-state index contributed by atoms with van der Waals surface area (Å²) in [4.78, 5) is 0. The van der Waals surface area contributed by atoms with Crippen LogP contribution in [0.4, 0.5) is 0 Å². The Hall–Kier alpha value is -0.810. The van der Waals surface area contributed by atoms with Crippen LogP contribution in [0.15, 0.2) is 12.7 Å². The Morgan fingerprint density at radius 3 is 2.71 bits per heavy atom. The molecule has 0 heterocycles. The van der Waals surface area contributed by atoms with Crippen molar-refractivity contribution >= 4 is 0 Å². The highest BCUT2D eigenvalue weighted by Crippen LogP contribution is 1.86. The molecule has 0 aromatic heterocycles. The van der Waals surface area contributed by atoms with E-state index in [1.165, 1.54) is 6.08 Å². The van der Waals surface area contributed by atoms with Crippen molar-refractivity contribution in [3.05, 3.63) is 12.7 Å². The minimum absolute atomic E-state index is 0.358. The molecule has 0 rings (SSSR count). The van der Waals surface area contributed by atoms with Crippen molar-refractivity contribution < 1.29 is 5.11 Å². The Kier molecular flexibility index (Phi) is 2.99. The highest BCUT2D eigenvalue weighted by Gasteiger charge is 1.92. The Bertz CT molecular complexity index is 92.7. The molecular formula is C5H7NO. The third-order valence-corrected chi connectivity index (χ3v) is 0.539. The number of rotatable bonds is 2. The topological polar surface area (TPSA) is 44.0 Å². The van der Waals surface area contributed by atoms with Gasteiger partial charge in [-0.05, 0) is 0 Å². The minimum Gasteiger partial charge on any atom is -0.378 e. The first kappa shape index (κ1) is 6.19. The van der Waals surface area contributed by atoms with Crippen LogP contribution in [0.2, 0.25) is 0 Å². The van der Waals surface area contributed by atoms with E-state index in [2.05, 4.69) is 6.58 Å². The molecule has 0 aliphatic rings. The van der Waals surface area contributed by atoms with Gasteiger partial charge in [0.1, 0.15) is 6.10 Å². The summed E-state index contributed by atoms with van der Waals surface area (Å²) in [6.45, 7) is 3.34. The largest absolute Gasteiger partial charge is 0.378 e. The first-order chi connectivity index (χ1) is 3.31. The van der Waals surface area contributed by atoms with Crippen LogP contribution in [0.1, 0.15) is 6.42 Å². The molecule has 0 bridgehead atoms. The number of nitrogens with zero attached hydrogens (tertiary/aromatic N) is 1. The second-order valence-electron chi connectivity index (χ2n) is 1.17. The summed E-state index contributed by atoms with van der Waals surface area (Å²) >= 11 is 0. The summed E-state index contributed by atoms with van der Waals surface area (Å²) in [6.07, 6.45) is 1.00. The molecule has 0 saturated carbocycles. The van der Waals surface area contributed by atoms with E-state index in [0.29, 0.717) is 6.42 Å². The van der Waals surface area contributed by atoms with E-state index in [0.717, 1.165) is 0 Å². The first-order valence-electron chi connectivity index (χ1n) is 2.00. The minimum atomic E-state index is -0.863. The summed E-state index contributed by atoms with van der Waals surface area (Å²) in [7, 11) is 0. The van der Waals surface area contributed by atoms with Gasteiger partial charge in [-0.2, -0.15) is 5.26 Å². The summed E-state index contributed by atoms with van der Waals surface area (Å²) in [5.74, 6) is 0. The molecule has 1 unspecified atom stereocenters. The molecule has 0 spiro atoms. The molecule has 0 aromatic rings. The number of aliphatic hydroxyl groups is 1. The van der Waals surface area contributed by atoms with E-state index in [1.807, 2.05) is 0 Å². The first-order valence-corrected chi connectivity index (χ1v) is 2.00. The van der Waals surface area contributed by atoms with Gasteiger partial charge in [-0.15, -0.1) is 6.58 Å². The van der Waals surface area contributed by atoms with Crippen LogP contribution in [-0.2, 0) is 0 Å². The number of aliphatic hydroxyl groups excluding tert-OH is 1. The van der Waals surface area contributed by atoms with E-state index in [9.17, 15) is 0 Å². The van der Waals surface area contributed by atoms with E-state index in [1.54, 1.807) is 6.07 Å². The summed E-state index contributed by atoms with van der Waals surface area (Å²) in [5.41, 5.74) is 0. The normalized spacial score (nSPS) is 12.0. The molecule has 2 heteroatoms. The predicted octanol–water partition coefficient (Wildman–Crippen LogP) is 0.447. The zero-order valence-corrected chi connectivity index (χ0v) is 3.96. The van der Waals surface area contributed by atoms with Crippen molar-refractivity contribution in [1.29, 1.82) is 5.26 Å². The molecular weight excluding hydrogens is 90.1 g/mol. The van der Waals surface area contributed by atoms with E-state index in [-0.39, 0.29) is 0 Å². The SMILES string of the molecule is C=CCC(O)C#N. The predicted molar refractivity (Wildman–Crippen MR) is 26.4 cm³/mol. The second kappa shape index (κ2) is 3.38. The lowest BCUT2D eigenvalue weighted by molar-refractivity contribution is 0.234. The van der Waals surface area contributed by atoms with Crippen molar-refractivity contribution in [2.24, 2.45) is 0 Å². The maximum atomic E-state index is 8.43. The fourth-order valence-electron chi connectivity index (χ4n) is 0.211. The van der Waals surface area contributed by atoms with Gasteiger partial charge in [-0.3, -0.25) is 0 Å². The number of hydrogen-bond donors (Lipinski definition) is 1. The highest BCUT2D eigenvalue weighted by molar-refractivity contribution is 4.87. The van der Waals surface area contributed by atoms with Gasteiger partial charge >= 0.3 is 0 Å². The van der Waals surface area contributed by atoms with Crippen LogP contribution in [-0.4, -0.2) is 11.2 Å². The molecule has 0 amide bonds. The Morgan fingerprint density at radius 1 is 2.00 bits per heavy atom. The molecule has 0 aliphatic carbocycles. The zero-order valence-electron chi connectivity index (χ0n) is 3.96. The van der Waals surface area contributed by atoms with Crippen molar-refractivity contribution in [3.63, 3.8) is 0 Å². The van der Waals surface area contributed by atoms with Crippen LogP contribution in [0, 0.1) is 11.3 Å². The molecule has 0 radical (unpaired) electrons. The van der Waals surface area contributed by atoms with Crippen LogP contribution >= 0.6 is 0 Å². The maximum absolute atomic E-state index is 8.43. The molecule has 0 aromatic carbocycles. The Balaban J connectivity index is 3.21. The van der Waals surface area contributed by atoms with Crippen molar-refractivity contribution in [3.8, 4) is 6.07 Å². The lowest BCUT2D eigenvalue weighted by Crippen LogP contribution is -1.98. The molecule has 2 nitrogen and oxygen atoms in total. The van der Waals surface area contributed by atoms with Crippen molar-refractivity contribution in [2.45, 2.75) is 12.5 Å². The van der Waals surface area contributed by atoms with Crippen LogP contribution in [0.3, 0.4) is 0 Å². The third-order valence-electron chi connectivity index (χ3n) is 0.539. The van der Waals surface area contributed by atoms with Crippen LogP contribution < -0.4 is 0 Å². The third kappa shape index (κ3) is 3.01. The van der Waals surface area contributed by atoms with E-state index in [4.69, 9.17) is 10.4 Å². The monoisotopic (exact) mass is 97.1 g/mol. The van der Waals surface area contributed by atoms with Crippen LogP contribution in [0.25, 0.3) is 0 Å². The molecule has 38 valence electrons. The average Bonchev–Trinajstić information content (AvgIpc) is 1.68. The van der Waals surface area contributed by atoms with E-state index >= 15 is 0 Å². The Labute approximate surface area is 42.7 Å². The molecule has 0 aliphatic heterocycles. The molecule has 1 atom stereocenters. The second-order valence-corrected chi connectivity index (χ2v) is 1.17. The van der Waals surface area contributed by atoms with Gasteiger partial charge in [0.25, 0.3) is 0 Å². The average molecular weight is 97.1 g/mol. The maximum Gasteiger partial charge on any atom is 0.143 e. The van der Waals surface area contributed by atoms with Gasteiger partial charge in [-0.25, -0.2) is 0 Å². The fourth-order valence-corrected chi connectivity index (χ4v) is 0.211. The number of hydrogen-bond acceptors (Lipinski definition) is 2. The molecule has 7 heavy (non-hydrogen) atoms. The quantitative estimate of drug-likeness (QED) is 0.401. The fraction of sp³-hybridized carbons (Fsp3) is 0.400. The standard InChI is InChI=1S/C5H7NO/c1-2-3-5(7)4-6/h2,5,7H,1,3H2. The van der Waals surface area contributed by atoms with Gasteiger partial charge in [0, 0.05) is 6.42 Å². The summed E-state index contributed by atoms with van der Waals surface area (Å²) in [6, 6.07) is 1.65. The van der Waals surface area contributed by atoms with Gasteiger partial charge in [0.05, 0.1) is 6.07 Å². The van der Waals surface area contributed by atoms with Gasteiger partial charge in [0.15, 0.2) is 0 Å². The highest BCUT2D eigenvalue weighted by atomic mass is 16.3. The Morgan fingerprint density at radius 2 is 2.57 bits per heavy atom. The summed E-state index contributed by atoms with van der Waals surface area (Å²) in [5, 5.41) is 16.3. The van der Waals surface area contributed by atoms with Crippen LogP contribution in [0.5, 0.6) is 0 Å². The zero-order chi connectivity index (χ0) is 5.70. The van der Waals surface area contributed by atoms with Gasteiger partial charge in [0.2, 0.25) is 0 Å². The van der Waals surface area contributed by atoms with Gasteiger partial charge < -0.3 is 5.11 Å². The number of nitriles is 1. The summed E-state index contributed by atoms with van der Waals surface area (Å²) < 4.78 is 0. The molecule has 0 saturated heterocycles. The van der Waals surface area contributed by atoms with Gasteiger partial charge in [-0.1, -0.05) is 6.08 Å². The van der Waals surface area contributed by atoms with Crippen molar-refractivity contribution in [2.75, 3.05) is 0 Å². The lowest BCUT2D eigenvalue weighted by Gasteiger charge is -1.89.